The summed E-state index contributed by atoms with van der Waals surface area (Å²) in [7, 11) is 0. The molecule has 0 aliphatic carbocycles. The molecule has 29 heavy (non-hydrogen) atoms. The Bertz CT molecular complexity index is 675. The second-order valence-corrected chi connectivity index (χ2v) is 7.93. The minimum absolute atomic E-state index is 0.0897. The predicted octanol–water partition coefficient (Wildman–Crippen LogP) is 2.43. The zero-order chi connectivity index (χ0) is 22.0. The molecular formula is C23H36O6. The normalized spacial score (nSPS) is 15.9. The van der Waals surface area contributed by atoms with Gasteiger partial charge in [-0.15, -0.1) is 0 Å². The minimum Gasteiger partial charge on any atom is -0.508 e. The molecule has 3 atom stereocenters. The van der Waals surface area contributed by atoms with Gasteiger partial charge < -0.3 is 30.6 Å². The van der Waals surface area contributed by atoms with E-state index in [0.717, 1.165) is 25.7 Å². The molecule has 0 unspecified atom stereocenters. The van der Waals surface area contributed by atoms with Gasteiger partial charge in [0.15, 0.2) is 0 Å². The van der Waals surface area contributed by atoms with E-state index in [-0.39, 0.29) is 17.7 Å². The van der Waals surface area contributed by atoms with E-state index in [4.69, 9.17) is 0 Å². The lowest BCUT2D eigenvalue weighted by Crippen LogP contribution is -2.37. The standard InChI is InChI=1S/C23H36O6/c1-4-5-6-7-8-9-20(26)21(27)13-11-17-16(14-22(28)23(2,3)29)10-12-19(25)18(17)15-24/h8-13,20-22,24-29H,4-7,14-15H2,1-3H3/t20-,21-,22-/m0/s1. The van der Waals surface area contributed by atoms with Crippen molar-refractivity contribution in [2.24, 2.45) is 0 Å². The molecule has 0 saturated carbocycles. The van der Waals surface area contributed by atoms with Crippen molar-refractivity contribution in [1.82, 2.24) is 0 Å². The molecule has 0 aromatic heterocycles. The highest BCUT2D eigenvalue weighted by atomic mass is 16.3. The highest BCUT2D eigenvalue weighted by Gasteiger charge is 2.26. The third-order valence-corrected chi connectivity index (χ3v) is 4.93. The van der Waals surface area contributed by atoms with Crippen LogP contribution in [0.15, 0.2) is 30.4 Å². The average Bonchev–Trinajstić information content (AvgIpc) is 2.66. The number of hydrogen-bond acceptors (Lipinski definition) is 6. The maximum Gasteiger partial charge on any atom is 0.121 e. The lowest BCUT2D eigenvalue weighted by atomic mass is 9.90. The lowest BCUT2D eigenvalue weighted by Gasteiger charge is -2.25. The van der Waals surface area contributed by atoms with Gasteiger partial charge in [0.25, 0.3) is 0 Å². The van der Waals surface area contributed by atoms with Gasteiger partial charge in [0.05, 0.1) is 18.3 Å². The van der Waals surface area contributed by atoms with Gasteiger partial charge in [-0.2, -0.15) is 0 Å². The molecule has 0 spiro atoms. The van der Waals surface area contributed by atoms with Gasteiger partial charge in [0.1, 0.15) is 18.0 Å². The van der Waals surface area contributed by atoms with Crippen molar-refractivity contribution in [3.05, 3.63) is 47.1 Å². The van der Waals surface area contributed by atoms with Gasteiger partial charge in [0.2, 0.25) is 0 Å². The summed E-state index contributed by atoms with van der Waals surface area (Å²) in [6, 6.07) is 3.01. The van der Waals surface area contributed by atoms with Crippen LogP contribution in [-0.2, 0) is 13.0 Å². The number of benzene rings is 1. The predicted molar refractivity (Wildman–Crippen MR) is 114 cm³/mol. The Morgan fingerprint density at radius 2 is 1.69 bits per heavy atom. The van der Waals surface area contributed by atoms with Crippen LogP contribution in [0.3, 0.4) is 0 Å². The average molecular weight is 409 g/mol. The first-order chi connectivity index (χ1) is 13.6. The Hall–Kier alpha value is -1.70. The highest BCUT2D eigenvalue weighted by molar-refractivity contribution is 5.62. The van der Waals surface area contributed by atoms with Crippen LogP contribution < -0.4 is 0 Å². The summed E-state index contributed by atoms with van der Waals surface area (Å²) < 4.78 is 0. The molecule has 1 aromatic carbocycles. The summed E-state index contributed by atoms with van der Waals surface area (Å²) >= 11 is 0. The number of hydrogen-bond donors (Lipinski definition) is 6. The lowest BCUT2D eigenvalue weighted by molar-refractivity contribution is -0.0469. The van der Waals surface area contributed by atoms with E-state index in [9.17, 15) is 30.6 Å². The van der Waals surface area contributed by atoms with Crippen LogP contribution in [0.5, 0.6) is 5.75 Å². The Balaban J connectivity index is 3.01. The number of rotatable bonds is 12. The molecule has 1 aromatic rings. The van der Waals surface area contributed by atoms with Crippen LogP contribution in [0, 0.1) is 0 Å². The molecule has 0 heterocycles. The Morgan fingerprint density at radius 3 is 2.28 bits per heavy atom. The van der Waals surface area contributed by atoms with Gasteiger partial charge in [0, 0.05) is 12.0 Å². The summed E-state index contributed by atoms with van der Waals surface area (Å²) in [6.07, 6.45) is 7.17. The van der Waals surface area contributed by atoms with Crippen LogP contribution in [0.25, 0.3) is 6.08 Å². The van der Waals surface area contributed by atoms with E-state index >= 15 is 0 Å². The molecule has 164 valence electrons. The van der Waals surface area contributed by atoms with Crippen molar-refractivity contribution in [3.8, 4) is 5.75 Å². The molecule has 0 aliphatic rings. The molecule has 6 heteroatoms. The smallest absolute Gasteiger partial charge is 0.121 e. The topological polar surface area (TPSA) is 121 Å². The monoisotopic (exact) mass is 408 g/mol. The molecule has 0 saturated heterocycles. The fourth-order valence-corrected chi connectivity index (χ4v) is 2.88. The van der Waals surface area contributed by atoms with Crippen LogP contribution >= 0.6 is 0 Å². The third kappa shape index (κ3) is 8.28. The van der Waals surface area contributed by atoms with E-state index in [1.807, 2.05) is 6.08 Å². The molecule has 0 bridgehead atoms. The minimum atomic E-state index is -1.32. The molecule has 0 aliphatic heterocycles. The first-order valence-corrected chi connectivity index (χ1v) is 10.2. The largest absolute Gasteiger partial charge is 0.508 e. The molecule has 0 fully saturated rings. The zero-order valence-corrected chi connectivity index (χ0v) is 17.6. The number of aromatic hydroxyl groups is 1. The van der Waals surface area contributed by atoms with E-state index in [2.05, 4.69) is 6.92 Å². The number of unbranched alkanes of at least 4 members (excludes halogenated alkanes) is 3. The van der Waals surface area contributed by atoms with E-state index < -0.39 is 30.5 Å². The number of aliphatic hydroxyl groups excluding tert-OH is 4. The fourth-order valence-electron chi connectivity index (χ4n) is 2.88. The van der Waals surface area contributed by atoms with Gasteiger partial charge in [-0.25, -0.2) is 0 Å². The Labute approximate surface area is 173 Å². The van der Waals surface area contributed by atoms with E-state index in [1.54, 1.807) is 12.1 Å². The second kappa shape index (κ2) is 12.1. The van der Waals surface area contributed by atoms with Crippen molar-refractivity contribution in [2.75, 3.05) is 0 Å². The number of aliphatic hydroxyl groups is 5. The van der Waals surface area contributed by atoms with E-state index in [1.165, 1.54) is 32.1 Å². The highest BCUT2D eigenvalue weighted by Crippen LogP contribution is 2.28. The molecular weight excluding hydrogens is 372 g/mol. The Morgan fingerprint density at radius 1 is 1.03 bits per heavy atom. The molecule has 0 amide bonds. The summed E-state index contributed by atoms with van der Waals surface area (Å²) in [6.45, 7) is 4.67. The van der Waals surface area contributed by atoms with Crippen LogP contribution in [0.2, 0.25) is 0 Å². The van der Waals surface area contributed by atoms with Crippen molar-refractivity contribution in [1.29, 1.82) is 0 Å². The van der Waals surface area contributed by atoms with Gasteiger partial charge in [-0.1, -0.05) is 50.1 Å². The quantitative estimate of drug-likeness (QED) is 0.233. The third-order valence-electron chi connectivity index (χ3n) is 4.93. The first-order valence-electron chi connectivity index (χ1n) is 10.2. The zero-order valence-electron chi connectivity index (χ0n) is 17.6. The van der Waals surface area contributed by atoms with E-state index in [0.29, 0.717) is 11.1 Å². The molecule has 0 radical (unpaired) electrons. The van der Waals surface area contributed by atoms with Crippen molar-refractivity contribution < 1.29 is 30.6 Å². The number of phenols is 1. The molecule has 6 N–H and O–H groups in total. The van der Waals surface area contributed by atoms with Gasteiger partial charge in [-0.05, 0) is 43.9 Å². The van der Waals surface area contributed by atoms with Crippen molar-refractivity contribution >= 4 is 6.08 Å². The first kappa shape index (κ1) is 25.3. The molecule has 1 rings (SSSR count). The second-order valence-electron chi connectivity index (χ2n) is 7.93. The molecule has 6 nitrogen and oxygen atoms in total. The van der Waals surface area contributed by atoms with Crippen LogP contribution in [-0.4, -0.2) is 54.6 Å². The van der Waals surface area contributed by atoms with Crippen LogP contribution in [0.1, 0.15) is 63.1 Å². The summed E-state index contributed by atoms with van der Waals surface area (Å²) in [5.41, 5.74) is -0.0433. The van der Waals surface area contributed by atoms with Gasteiger partial charge >= 0.3 is 0 Å². The van der Waals surface area contributed by atoms with Gasteiger partial charge in [-0.3, -0.25) is 0 Å². The summed E-state index contributed by atoms with van der Waals surface area (Å²) in [5, 5.41) is 60.2. The maximum absolute atomic E-state index is 10.2. The SMILES string of the molecule is CCCCCC=C[C@H](O)[C@@H](O)C=Cc1c(C[C@H](O)C(C)(C)O)ccc(O)c1CO. The maximum atomic E-state index is 10.2. The van der Waals surface area contributed by atoms with Crippen LogP contribution in [0.4, 0.5) is 0 Å². The summed E-state index contributed by atoms with van der Waals surface area (Å²) in [4.78, 5) is 0. The van der Waals surface area contributed by atoms with Crippen molar-refractivity contribution in [3.63, 3.8) is 0 Å². The Kier molecular flexibility index (Phi) is 10.6. The fraction of sp³-hybridized carbons (Fsp3) is 0.565. The van der Waals surface area contributed by atoms with Crippen molar-refractivity contribution in [2.45, 2.75) is 83.4 Å². The summed E-state index contributed by atoms with van der Waals surface area (Å²) in [5.74, 6) is -0.112. The number of allylic oxidation sites excluding steroid dienone is 1.